The maximum absolute atomic E-state index is 11.7. The summed E-state index contributed by atoms with van der Waals surface area (Å²) in [6.45, 7) is 5.32. The van der Waals surface area contributed by atoms with Crippen LogP contribution in [-0.4, -0.2) is 66.6 Å². The second-order valence-electron chi connectivity index (χ2n) is 11.5. The van der Waals surface area contributed by atoms with Crippen LogP contribution in [0.5, 0.6) is 23.0 Å². The molecule has 0 aliphatic carbocycles. The molecule has 1 fully saturated rings. The van der Waals surface area contributed by atoms with E-state index in [9.17, 15) is 15.0 Å². The molecule has 46 heavy (non-hydrogen) atoms. The molecule has 238 valence electrons. The van der Waals surface area contributed by atoms with Gasteiger partial charge in [-0.25, -0.2) is 0 Å². The fourth-order valence-electron chi connectivity index (χ4n) is 5.82. The number of phenolic OH excluding ortho intramolecular Hbond substituents is 1. The van der Waals surface area contributed by atoms with Gasteiger partial charge in [-0.1, -0.05) is 36.4 Å². The zero-order valence-corrected chi connectivity index (χ0v) is 25.9. The summed E-state index contributed by atoms with van der Waals surface area (Å²) in [5, 5.41) is 24.8. The smallest absolute Gasteiger partial charge is 0.248 e. The van der Waals surface area contributed by atoms with E-state index in [2.05, 4.69) is 39.5 Å². The van der Waals surface area contributed by atoms with Gasteiger partial charge in [0.2, 0.25) is 5.56 Å². The molecule has 0 amide bonds. The Balaban J connectivity index is 1.04. The van der Waals surface area contributed by atoms with Crippen LogP contribution >= 0.6 is 0 Å². The molecule has 4 N–H and O–H groups in total. The quantitative estimate of drug-likeness (QED) is 0.137. The molecule has 0 saturated carbocycles. The number of aliphatic hydroxyl groups is 1. The van der Waals surface area contributed by atoms with Crippen LogP contribution in [0.3, 0.4) is 0 Å². The summed E-state index contributed by atoms with van der Waals surface area (Å²) in [5.41, 5.74) is 5.09. The number of hydrogen-bond donors (Lipinski definition) is 4. The predicted octanol–water partition coefficient (Wildman–Crippen LogP) is 5.40. The normalized spacial score (nSPS) is 14.3. The van der Waals surface area contributed by atoms with Crippen LogP contribution in [-0.2, 0) is 17.7 Å². The van der Waals surface area contributed by atoms with Crippen LogP contribution in [0.25, 0.3) is 22.0 Å². The summed E-state index contributed by atoms with van der Waals surface area (Å²) < 4.78 is 17.4. The number of nitrogens with one attached hydrogen (secondary N) is 2. The zero-order valence-electron chi connectivity index (χ0n) is 25.9. The number of fused-ring (bicyclic) bond motifs is 1. The van der Waals surface area contributed by atoms with E-state index >= 15 is 0 Å². The van der Waals surface area contributed by atoms with Gasteiger partial charge >= 0.3 is 0 Å². The van der Waals surface area contributed by atoms with Crippen molar-refractivity contribution in [1.29, 1.82) is 0 Å². The summed E-state index contributed by atoms with van der Waals surface area (Å²) >= 11 is 0. The number of aromatic amines is 1. The van der Waals surface area contributed by atoms with Crippen molar-refractivity contribution in [2.24, 2.45) is 0 Å². The lowest BCUT2D eigenvalue weighted by Gasteiger charge is -2.26. The van der Waals surface area contributed by atoms with E-state index in [0.717, 1.165) is 73.2 Å². The molecule has 1 aliphatic rings. The zero-order chi connectivity index (χ0) is 31.9. The lowest BCUT2D eigenvalue weighted by atomic mass is 10.0. The van der Waals surface area contributed by atoms with E-state index in [1.165, 1.54) is 17.7 Å². The lowest BCUT2D eigenvalue weighted by Crippen LogP contribution is -2.35. The molecule has 0 bridgehead atoms. The Kier molecular flexibility index (Phi) is 9.95. The fraction of sp³-hybridized carbons (Fsp3) is 0.270. The van der Waals surface area contributed by atoms with Gasteiger partial charge < -0.3 is 34.7 Å². The van der Waals surface area contributed by atoms with Crippen LogP contribution in [0, 0.1) is 0 Å². The van der Waals surface area contributed by atoms with Crippen molar-refractivity contribution >= 4 is 10.9 Å². The minimum absolute atomic E-state index is 0.0265. The molecule has 6 rings (SSSR count). The maximum atomic E-state index is 11.7. The number of phenols is 1. The summed E-state index contributed by atoms with van der Waals surface area (Å²) in [5.74, 6) is 2.23. The number of H-pyrrole nitrogens is 1. The average molecular weight is 622 g/mol. The molecule has 5 aromatic rings. The third-order valence-corrected chi connectivity index (χ3v) is 8.27. The molecule has 9 heteroatoms. The van der Waals surface area contributed by atoms with Gasteiger partial charge in [-0.3, -0.25) is 9.69 Å². The molecule has 0 unspecified atom stereocenters. The minimum Gasteiger partial charge on any atom is -0.506 e. The first-order valence-corrected chi connectivity index (χ1v) is 15.5. The average Bonchev–Trinajstić information content (AvgIpc) is 3.08. The third kappa shape index (κ3) is 7.58. The Labute approximate surface area is 268 Å². The minimum atomic E-state index is -0.800. The van der Waals surface area contributed by atoms with Crippen molar-refractivity contribution in [3.63, 3.8) is 0 Å². The molecular weight excluding hydrogens is 582 g/mol. The van der Waals surface area contributed by atoms with Crippen LogP contribution in [0.15, 0.2) is 95.8 Å². The molecule has 0 radical (unpaired) electrons. The van der Waals surface area contributed by atoms with E-state index in [4.69, 9.17) is 14.2 Å². The molecular formula is C37H39N3O6. The summed E-state index contributed by atoms with van der Waals surface area (Å²) in [7, 11) is 1.68. The first-order valence-electron chi connectivity index (χ1n) is 15.5. The van der Waals surface area contributed by atoms with Gasteiger partial charge in [-0.2, -0.15) is 0 Å². The Morgan fingerprint density at radius 2 is 1.74 bits per heavy atom. The van der Waals surface area contributed by atoms with E-state index < -0.39 is 6.10 Å². The van der Waals surface area contributed by atoms with E-state index in [-0.39, 0.29) is 11.3 Å². The van der Waals surface area contributed by atoms with Gasteiger partial charge in [0, 0.05) is 43.2 Å². The second kappa shape index (κ2) is 14.6. The van der Waals surface area contributed by atoms with Gasteiger partial charge in [0.15, 0.2) is 0 Å². The van der Waals surface area contributed by atoms with Crippen LogP contribution in [0.1, 0.15) is 22.8 Å². The number of aliphatic hydroxyl groups excluding tert-OH is 1. The molecule has 9 nitrogen and oxygen atoms in total. The number of aromatic hydroxyl groups is 1. The van der Waals surface area contributed by atoms with Crippen molar-refractivity contribution in [1.82, 2.24) is 15.2 Å². The molecule has 2 heterocycles. The monoisotopic (exact) mass is 621 g/mol. The van der Waals surface area contributed by atoms with Gasteiger partial charge in [0.05, 0.1) is 31.9 Å². The van der Waals surface area contributed by atoms with E-state index in [0.29, 0.717) is 29.6 Å². The third-order valence-electron chi connectivity index (χ3n) is 8.27. The Hall–Kier alpha value is -4.67. The Morgan fingerprint density at radius 3 is 2.54 bits per heavy atom. The van der Waals surface area contributed by atoms with Crippen molar-refractivity contribution in [2.75, 3.05) is 46.5 Å². The summed E-state index contributed by atoms with van der Waals surface area (Å²) in [6.07, 6.45) is -0.0316. The SMILES string of the molecule is COc1ccc(Oc2ccc(CCNC[C@H](O)c3ccc(O)c4[nH]c(=O)ccc34)cc2)cc1-c1cccc(CN2CCOCC2)c1. The second-order valence-corrected chi connectivity index (χ2v) is 11.5. The summed E-state index contributed by atoms with van der Waals surface area (Å²) in [6, 6.07) is 28.6. The first kappa shape index (κ1) is 31.3. The number of ether oxygens (including phenoxy) is 3. The number of morpholine rings is 1. The highest BCUT2D eigenvalue weighted by Crippen LogP contribution is 2.36. The summed E-state index contributed by atoms with van der Waals surface area (Å²) in [4.78, 5) is 16.7. The Morgan fingerprint density at radius 1 is 0.935 bits per heavy atom. The van der Waals surface area contributed by atoms with Crippen molar-refractivity contribution < 1.29 is 24.4 Å². The predicted molar refractivity (Wildman–Crippen MR) is 179 cm³/mol. The van der Waals surface area contributed by atoms with E-state index in [1.54, 1.807) is 19.2 Å². The number of pyridine rings is 1. The number of nitrogens with zero attached hydrogens (tertiary/aromatic N) is 1. The Bertz CT molecular complexity index is 1830. The highest BCUT2D eigenvalue weighted by molar-refractivity contribution is 5.87. The number of methoxy groups -OCH3 is 1. The van der Waals surface area contributed by atoms with Crippen molar-refractivity contribution in [3.05, 3.63) is 118 Å². The van der Waals surface area contributed by atoms with Gasteiger partial charge in [0.1, 0.15) is 23.0 Å². The van der Waals surface area contributed by atoms with Gasteiger partial charge in [-0.15, -0.1) is 0 Å². The van der Waals surface area contributed by atoms with Gasteiger partial charge in [-0.05, 0) is 83.8 Å². The standard InChI is InChI=1S/C37H39N3O6/c1-44-35-13-9-29(22-32(35)27-4-2-3-26(21-27)24-40-17-19-45-20-18-40)46-28-7-5-25(6-8-28)15-16-38-23-34(42)30-10-12-33(41)37-31(30)11-14-36(43)39-37/h2-14,21-22,34,38,41-42H,15-20,23-24H2,1H3,(H,39,43)/t34-/m0/s1. The molecule has 4 aromatic carbocycles. The molecule has 0 spiro atoms. The number of benzene rings is 4. The van der Waals surface area contributed by atoms with Crippen molar-refractivity contribution in [3.8, 4) is 34.1 Å². The molecule has 1 atom stereocenters. The number of hydrogen-bond acceptors (Lipinski definition) is 8. The number of aromatic nitrogens is 1. The topological polar surface area (TPSA) is 116 Å². The molecule has 1 aromatic heterocycles. The maximum Gasteiger partial charge on any atom is 0.248 e. The van der Waals surface area contributed by atoms with Crippen molar-refractivity contribution in [2.45, 2.75) is 19.1 Å². The largest absolute Gasteiger partial charge is 0.506 e. The van der Waals surface area contributed by atoms with Gasteiger partial charge in [0.25, 0.3) is 0 Å². The van der Waals surface area contributed by atoms with Crippen LogP contribution < -0.4 is 20.3 Å². The highest BCUT2D eigenvalue weighted by atomic mass is 16.5. The lowest BCUT2D eigenvalue weighted by molar-refractivity contribution is 0.0342. The first-order chi connectivity index (χ1) is 22.5. The fourth-order valence-corrected chi connectivity index (χ4v) is 5.82. The van der Waals surface area contributed by atoms with E-state index in [1.807, 2.05) is 42.5 Å². The highest BCUT2D eigenvalue weighted by Gasteiger charge is 2.15. The molecule has 1 saturated heterocycles. The number of rotatable bonds is 12. The van der Waals surface area contributed by atoms with Crippen LogP contribution in [0.4, 0.5) is 0 Å². The molecule has 1 aliphatic heterocycles. The van der Waals surface area contributed by atoms with Crippen LogP contribution in [0.2, 0.25) is 0 Å².